The van der Waals surface area contributed by atoms with Crippen molar-refractivity contribution in [1.29, 1.82) is 0 Å². The molecular formula is C21H16N4O2. The van der Waals surface area contributed by atoms with E-state index in [1.165, 1.54) is 0 Å². The van der Waals surface area contributed by atoms with Gasteiger partial charge >= 0.3 is 5.97 Å². The zero-order valence-corrected chi connectivity index (χ0v) is 14.7. The number of carbonyl (C=O) groups excluding carboxylic acids is 1. The topological polar surface area (TPSA) is 77.9 Å². The molecule has 132 valence electrons. The summed E-state index contributed by atoms with van der Waals surface area (Å²) in [5, 5.41) is 0. The third kappa shape index (κ3) is 3.37. The molecular weight excluding hydrogens is 340 g/mol. The predicted octanol–water partition coefficient (Wildman–Crippen LogP) is 3.93. The van der Waals surface area contributed by atoms with Crippen LogP contribution in [0.25, 0.3) is 33.8 Å². The summed E-state index contributed by atoms with van der Waals surface area (Å²) >= 11 is 0. The van der Waals surface area contributed by atoms with Crippen LogP contribution in [0.4, 0.5) is 0 Å². The number of pyridine rings is 2. The van der Waals surface area contributed by atoms with E-state index in [-0.39, 0.29) is 5.97 Å². The molecule has 0 saturated heterocycles. The van der Waals surface area contributed by atoms with Gasteiger partial charge in [0.15, 0.2) is 0 Å². The van der Waals surface area contributed by atoms with Crippen LogP contribution < -0.4 is 0 Å². The quantitative estimate of drug-likeness (QED) is 0.516. The average molecular weight is 356 g/mol. The number of esters is 1. The summed E-state index contributed by atoms with van der Waals surface area (Å²) in [7, 11) is 0. The first kappa shape index (κ1) is 16.8. The van der Waals surface area contributed by atoms with Crippen LogP contribution in [-0.2, 0) is 4.74 Å². The average Bonchev–Trinajstić information content (AvgIpc) is 2.74. The Bertz CT molecular complexity index is 1100. The Morgan fingerprint density at radius 3 is 2.04 bits per heavy atom. The monoisotopic (exact) mass is 356 g/mol. The van der Waals surface area contributed by atoms with Gasteiger partial charge in [-0.15, -0.1) is 0 Å². The highest BCUT2D eigenvalue weighted by Gasteiger charge is 2.16. The Morgan fingerprint density at radius 1 is 0.852 bits per heavy atom. The molecule has 0 amide bonds. The van der Waals surface area contributed by atoms with Gasteiger partial charge in [-0.05, 0) is 49.4 Å². The van der Waals surface area contributed by atoms with Crippen molar-refractivity contribution in [2.45, 2.75) is 6.92 Å². The minimum Gasteiger partial charge on any atom is -0.462 e. The summed E-state index contributed by atoms with van der Waals surface area (Å²) in [4.78, 5) is 30.4. The fourth-order valence-electron chi connectivity index (χ4n) is 2.76. The van der Waals surface area contributed by atoms with Crippen LogP contribution in [0.5, 0.6) is 0 Å². The van der Waals surface area contributed by atoms with Crippen LogP contribution in [0.15, 0.2) is 67.0 Å². The van der Waals surface area contributed by atoms with Crippen LogP contribution >= 0.6 is 0 Å². The smallest absolute Gasteiger partial charge is 0.338 e. The molecule has 0 unspecified atom stereocenters. The molecule has 0 spiro atoms. The van der Waals surface area contributed by atoms with Crippen molar-refractivity contribution in [2.24, 2.45) is 0 Å². The zero-order chi connectivity index (χ0) is 18.6. The lowest BCUT2D eigenvalue weighted by molar-refractivity contribution is 0.0526. The first-order valence-electron chi connectivity index (χ1n) is 8.58. The molecule has 4 rings (SSSR count). The molecule has 0 N–H and O–H groups in total. The van der Waals surface area contributed by atoms with Gasteiger partial charge in [0.1, 0.15) is 11.4 Å². The van der Waals surface area contributed by atoms with E-state index in [4.69, 9.17) is 14.7 Å². The molecule has 0 aliphatic carbocycles. The number of nitrogens with zero attached hydrogens (tertiary/aromatic N) is 4. The van der Waals surface area contributed by atoms with E-state index < -0.39 is 0 Å². The first-order chi connectivity index (χ1) is 13.3. The van der Waals surface area contributed by atoms with Crippen molar-refractivity contribution in [3.05, 3.63) is 72.6 Å². The summed E-state index contributed by atoms with van der Waals surface area (Å²) in [6, 6.07) is 16.4. The van der Waals surface area contributed by atoms with Gasteiger partial charge in [0.2, 0.25) is 0 Å². The molecule has 1 aromatic carbocycles. The maximum absolute atomic E-state index is 12.0. The third-order valence-corrected chi connectivity index (χ3v) is 3.99. The number of ether oxygens (including phenoxy) is 1. The molecule has 3 heterocycles. The zero-order valence-electron chi connectivity index (χ0n) is 14.7. The Hall–Kier alpha value is -3.67. The maximum Gasteiger partial charge on any atom is 0.338 e. The fraction of sp³-hybridized carbons (Fsp3) is 0.0952. The van der Waals surface area contributed by atoms with Gasteiger partial charge in [-0.3, -0.25) is 9.97 Å². The summed E-state index contributed by atoms with van der Waals surface area (Å²) < 4.78 is 5.08. The fourth-order valence-corrected chi connectivity index (χ4v) is 2.76. The molecule has 4 aromatic rings. The largest absolute Gasteiger partial charge is 0.462 e. The standard InChI is InChI=1S/C21H16N4O2/c1-2-27-21(26)14-9-10-15-18(13-14)25-20(17-8-4-6-12-23-17)19(24-15)16-7-3-5-11-22-16/h3-13H,2H2,1H3. The molecule has 0 saturated carbocycles. The van der Waals surface area contributed by atoms with Crippen LogP contribution in [0.1, 0.15) is 17.3 Å². The molecule has 3 aromatic heterocycles. The number of carbonyl (C=O) groups is 1. The van der Waals surface area contributed by atoms with Gasteiger partial charge in [0.25, 0.3) is 0 Å². The highest BCUT2D eigenvalue weighted by atomic mass is 16.5. The van der Waals surface area contributed by atoms with E-state index in [2.05, 4.69) is 9.97 Å². The van der Waals surface area contributed by atoms with Gasteiger partial charge < -0.3 is 4.74 Å². The van der Waals surface area contributed by atoms with Crippen LogP contribution in [0.3, 0.4) is 0 Å². The van der Waals surface area contributed by atoms with Crippen molar-refractivity contribution in [3.63, 3.8) is 0 Å². The van der Waals surface area contributed by atoms with E-state index >= 15 is 0 Å². The van der Waals surface area contributed by atoms with E-state index in [1.54, 1.807) is 37.5 Å². The molecule has 6 nitrogen and oxygen atoms in total. The molecule has 0 bridgehead atoms. The maximum atomic E-state index is 12.0. The number of rotatable bonds is 4. The Morgan fingerprint density at radius 2 is 1.48 bits per heavy atom. The summed E-state index contributed by atoms with van der Waals surface area (Å²) in [6.45, 7) is 2.09. The van der Waals surface area contributed by atoms with E-state index in [1.807, 2.05) is 36.4 Å². The second-order valence-corrected chi connectivity index (χ2v) is 5.77. The molecule has 0 fully saturated rings. The van der Waals surface area contributed by atoms with Gasteiger partial charge in [-0.2, -0.15) is 0 Å². The van der Waals surface area contributed by atoms with E-state index in [9.17, 15) is 4.79 Å². The van der Waals surface area contributed by atoms with Crippen molar-refractivity contribution < 1.29 is 9.53 Å². The Kier molecular flexibility index (Phi) is 4.53. The number of hydrogen-bond donors (Lipinski definition) is 0. The summed E-state index contributed by atoms with van der Waals surface area (Å²) in [6.07, 6.45) is 3.42. The molecule has 0 aliphatic heterocycles. The normalized spacial score (nSPS) is 10.7. The van der Waals surface area contributed by atoms with Crippen molar-refractivity contribution in [2.75, 3.05) is 6.61 Å². The number of hydrogen-bond acceptors (Lipinski definition) is 6. The van der Waals surface area contributed by atoms with Gasteiger partial charge in [-0.1, -0.05) is 12.1 Å². The Balaban J connectivity index is 1.94. The van der Waals surface area contributed by atoms with Gasteiger partial charge in [0, 0.05) is 12.4 Å². The lowest BCUT2D eigenvalue weighted by Crippen LogP contribution is -2.05. The highest BCUT2D eigenvalue weighted by Crippen LogP contribution is 2.29. The summed E-state index contributed by atoms with van der Waals surface area (Å²) in [5.74, 6) is -0.380. The predicted molar refractivity (Wildman–Crippen MR) is 102 cm³/mol. The molecule has 0 aliphatic rings. The van der Waals surface area contributed by atoms with Crippen molar-refractivity contribution in [3.8, 4) is 22.8 Å². The SMILES string of the molecule is CCOC(=O)c1ccc2nc(-c3ccccn3)c(-c3ccccn3)nc2c1. The molecule has 0 atom stereocenters. The minimum absolute atomic E-state index is 0.320. The number of fused-ring (bicyclic) bond motifs is 1. The van der Waals surface area contributed by atoms with Crippen LogP contribution in [0, 0.1) is 0 Å². The number of aromatic nitrogens is 4. The Labute approximate surface area is 155 Å². The third-order valence-electron chi connectivity index (χ3n) is 3.99. The number of benzene rings is 1. The van der Waals surface area contributed by atoms with Crippen molar-refractivity contribution >= 4 is 17.0 Å². The van der Waals surface area contributed by atoms with Crippen LogP contribution in [0.2, 0.25) is 0 Å². The van der Waals surface area contributed by atoms with Crippen LogP contribution in [-0.4, -0.2) is 32.5 Å². The molecule has 27 heavy (non-hydrogen) atoms. The highest BCUT2D eigenvalue weighted by molar-refractivity contribution is 5.94. The minimum atomic E-state index is -0.380. The lowest BCUT2D eigenvalue weighted by atomic mass is 10.1. The second-order valence-electron chi connectivity index (χ2n) is 5.77. The summed E-state index contributed by atoms with van der Waals surface area (Å²) in [5.41, 5.74) is 4.37. The first-order valence-corrected chi connectivity index (χ1v) is 8.58. The van der Waals surface area contributed by atoms with Crippen molar-refractivity contribution in [1.82, 2.24) is 19.9 Å². The molecule has 6 heteroatoms. The lowest BCUT2D eigenvalue weighted by Gasteiger charge is -2.10. The second kappa shape index (κ2) is 7.29. The van der Waals surface area contributed by atoms with Gasteiger partial charge in [0.05, 0.1) is 34.6 Å². The van der Waals surface area contributed by atoms with E-state index in [0.717, 1.165) is 0 Å². The van der Waals surface area contributed by atoms with Gasteiger partial charge in [-0.25, -0.2) is 14.8 Å². The van der Waals surface area contributed by atoms with E-state index in [0.29, 0.717) is 46.0 Å². The molecule has 0 radical (unpaired) electrons.